The number of hydrogen-bond acceptors (Lipinski definition) is 5. The number of nitrogens with one attached hydrogen (secondary N) is 2. The molecular formula is C16H14BrF3N2O4. The van der Waals surface area contributed by atoms with Crippen molar-refractivity contribution in [3.8, 4) is 0 Å². The van der Waals surface area contributed by atoms with Crippen molar-refractivity contribution in [2.45, 2.75) is 6.10 Å². The lowest BCUT2D eigenvalue weighted by atomic mass is 10.1. The highest BCUT2D eigenvalue weighted by molar-refractivity contribution is 9.10. The summed E-state index contributed by atoms with van der Waals surface area (Å²) in [6, 6.07) is 5.58. The van der Waals surface area contributed by atoms with Gasteiger partial charge in [0.2, 0.25) is 0 Å². The van der Waals surface area contributed by atoms with Crippen LogP contribution in [-0.4, -0.2) is 35.4 Å². The van der Waals surface area contributed by atoms with Crippen LogP contribution in [0.15, 0.2) is 34.8 Å². The fraction of sp³-hybridized carbons (Fsp3) is 0.188. The highest BCUT2D eigenvalue weighted by Crippen LogP contribution is 2.29. The van der Waals surface area contributed by atoms with E-state index in [1.165, 1.54) is 12.1 Å². The average Bonchev–Trinajstić information content (AvgIpc) is 2.60. The molecule has 0 aliphatic carbocycles. The maximum absolute atomic E-state index is 14.2. The van der Waals surface area contributed by atoms with Gasteiger partial charge in [-0.3, -0.25) is 9.63 Å². The van der Waals surface area contributed by atoms with E-state index in [9.17, 15) is 18.0 Å². The number of amides is 1. The van der Waals surface area contributed by atoms with Crippen molar-refractivity contribution in [2.75, 3.05) is 18.5 Å². The molecule has 140 valence electrons. The molecule has 2 aromatic rings. The number of aliphatic hydroxyl groups excluding tert-OH is 2. The molecule has 0 bridgehead atoms. The molecule has 0 heterocycles. The van der Waals surface area contributed by atoms with Crippen LogP contribution in [0.3, 0.4) is 0 Å². The number of anilines is 2. The number of hydrogen-bond donors (Lipinski definition) is 4. The zero-order valence-corrected chi connectivity index (χ0v) is 14.7. The van der Waals surface area contributed by atoms with Gasteiger partial charge in [0.25, 0.3) is 5.91 Å². The SMILES string of the molecule is O=C(NOC[C@H](O)CO)c1ccc(F)c(F)c1Nc1ccc(Br)cc1F. The van der Waals surface area contributed by atoms with E-state index in [4.69, 9.17) is 10.2 Å². The van der Waals surface area contributed by atoms with Crippen molar-refractivity contribution in [1.29, 1.82) is 0 Å². The normalized spacial score (nSPS) is 11.9. The largest absolute Gasteiger partial charge is 0.394 e. The molecule has 2 aromatic carbocycles. The Morgan fingerprint density at radius 1 is 1.19 bits per heavy atom. The van der Waals surface area contributed by atoms with Gasteiger partial charge < -0.3 is 15.5 Å². The molecule has 0 saturated heterocycles. The smallest absolute Gasteiger partial charge is 0.277 e. The van der Waals surface area contributed by atoms with Gasteiger partial charge in [-0.15, -0.1) is 0 Å². The van der Waals surface area contributed by atoms with Gasteiger partial charge in [-0.2, -0.15) is 0 Å². The summed E-state index contributed by atoms with van der Waals surface area (Å²) in [7, 11) is 0. The zero-order chi connectivity index (χ0) is 19.3. The molecule has 0 unspecified atom stereocenters. The fourth-order valence-electron chi connectivity index (χ4n) is 1.90. The third kappa shape index (κ3) is 4.94. The van der Waals surface area contributed by atoms with E-state index in [2.05, 4.69) is 26.1 Å². The first-order valence-electron chi connectivity index (χ1n) is 7.24. The molecular weight excluding hydrogens is 421 g/mol. The van der Waals surface area contributed by atoms with Crippen LogP contribution in [0.1, 0.15) is 10.4 Å². The number of aliphatic hydroxyl groups is 2. The van der Waals surface area contributed by atoms with Crippen molar-refractivity contribution in [1.82, 2.24) is 5.48 Å². The summed E-state index contributed by atoms with van der Waals surface area (Å²) in [6.45, 7) is -1.01. The molecule has 26 heavy (non-hydrogen) atoms. The number of halogens is 4. The Hall–Kier alpha value is -2.14. The zero-order valence-electron chi connectivity index (χ0n) is 13.1. The summed E-state index contributed by atoms with van der Waals surface area (Å²) in [5, 5.41) is 20.1. The summed E-state index contributed by atoms with van der Waals surface area (Å²) in [4.78, 5) is 16.8. The first-order chi connectivity index (χ1) is 12.3. The lowest BCUT2D eigenvalue weighted by molar-refractivity contribution is -0.0295. The molecule has 6 nitrogen and oxygen atoms in total. The number of carbonyl (C=O) groups is 1. The molecule has 2 rings (SSSR count). The second-order valence-electron chi connectivity index (χ2n) is 5.11. The summed E-state index contributed by atoms with van der Waals surface area (Å²) in [5.41, 5.74) is 0.798. The van der Waals surface area contributed by atoms with E-state index < -0.39 is 48.4 Å². The van der Waals surface area contributed by atoms with Gasteiger partial charge in [0.05, 0.1) is 23.5 Å². The molecule has 1 atom stereocenters. The number of benzene rings is 2. The Balaban J connectivity index is 2.27. The van der Waals surface area contributed by atoms with Crippen molar-refractivity contribution in [3.05, 3.63) is 57.8 Å². The molecule has 0 saturated carbocycles. The minimum absolute atomic E-state index is 0.177. The van der Waals surface area contributed by atoms with Crippen LogP contribution in [0.4, 0.5) is 24.5 Å². The van der Waals surface area contributed by atoms with E-state index in [1.807, 2.05) is 5.48 Å². The summed E-state index contributed by atoms with van der Waals surface area (Å²) in [5.74, 6) is -4.33. The van der Waals surface area contributed by atoms with Gasteiger partial charge in [-0.1, -0.05) is 15.9 Å². The van der Waals surface area contributed by atoms with Crippen LogP contribution in [0, 0.1) is 17.5 Å². The quantitative estimate of drug-likeness (QED) is 0.503. The van der Waals surface area contributed by atoms with Crippen molar-refractivity contribution in [3.63, 3.8) is 0 Å². The van der Waals surface area contributed by atoms with Gasteiger partial charge >= 0.3 is 0 Å². The lowest BCUT2D eigenvalue weighted by Gasteiger charge is -2.15. The topological polar surface area (TPSA) is 90.8 Å². The Labute approximate surface area is 154 Å². The van der Waals surface area contributed by atoms with Crippen molar-refractivity contribution >= 4 is 33.2 Å². The standard InChI is InChI=1S/C16H14BrF3N2O4/c17-8-1-4-13(12(19)5-8)21-15-10(2-3-11(18)14(15)20)16(25)22-26-7-9(24)6-23/h1-5,9,21,23-24H,6-7H2,(H,22,25)/t9-/m1/s1. The Morgan fingerprint density at radius 3 is 2.58 bits per heavy atom. The van der Waals surface area contributed by atoms with Crippen molar-refractivity contribution in [2.24, 2.45) is 0 Å². The van der Waals surface area contributed by atoms with Crippen LogP contribution in [-0.2, 0) is 4.84 Å². The van der Waals surface area contributed by atoms with Gasteiger partial charge in [0.15, 0.2) is 11.6 Å². The number of carbonyl (C=O) groups excluding carboxylic acids is 1. The van der Waals surface area contributed by atoms with E-state index in [0.29, 0.717) is 4.47 Å². The van der Waals surface area contributed by atoms with Gasteiger partial charge in [-0.05, 0) is 30.3 Å². The molecule has 0 radical (unpaired) electrons. The molecule has 0 spiro atoms. The first-order valence-corrected chi connectivity index (χ1v) is 8.04. The fourth-order valence-corrected chi connectivity index (χ4v) is 2.23. The predicted octanol–water partition coefficient (Wildman–Crippen LogP) is 2.62. The third-order valence-corrected chi connectivity index (χ3v) is 3.67. The molecule has 10 heteroatoms. The van der Waals surface area contributed by atoms with E-state index in [0.717, 1.165) is 18.2 Å². The van der Waals surface area contributed by atoms with E-state index >= 15 is 0 Å². The number of hydroxylamine groups is 1. The molecule has 4 N–H and O–H groups in total. The molecule has 0 aromatic heterocycles. The van der Waals surface area contributed by atoms with Crippen LogP contribution >= 0.6 is 15.9 Å². The molecule has 0 fully saturated rings. The maximum Gasteiger partial charge on any atom is 0.277 e. The van der Waals surface area contributed by atoms with Crippen LogP contribution < -0.4 is 10.8 Å². The Bertz CT molecular complexity index is 807. The second-order valence-corrected chi connectivity index (χ2v) is 6.03. The Morgan fingerprint density at radius 2 is 1.92 bits per heavy atom. The Kier molecular flexibility index (Phi) is 6.98. The monoisotopic (exact) mass is 434 g/mol. The summed E-state index contributed by atoms with van der Waals surface area (Å²) >= 11 is 3.07. The highest BCUT2D eigenvalue weighted by atomic mass is 79.9. The van der Waals surface area contributed by atoms with Crippen LogP contribution in [0.2, 0.25) is 0 Å². The van der Waals surface area contributed by atoms with Crippen LogP contribution in [0.5, 0.6) is 0 Å². The number of rotatable bonds is 7. The van der Waals surface area contributed by atoms with E-state index in [-0.39, 0.29) is 11.3 Å². The van der Waals surface area contributed by atoms with E-state index in [1.54, 1.807) is 0 Å². The summed E-state index contributed by atoms with van der Waals surface area (Å²) < 4.78 is 42.1. The third-order valence-electron chi connectivity index (χ3n) is 3.18. The first kappa shape index (κ1) is 20.2. The van der Waals surface area contributed by atoms with Gasteiger partial charge in [0, 0.05) is 4.47 Å². The summed E-state index contributed by atoms with van der Waals surface area (Å²) in [6.07, 6.45) is -1.23. The van der Waals surface area contributed by atoms with Gasteiger partial charge in [-0.25, -0.2) is 18.7 Å². The van der Waals surface area contributed by atoms with Gasteiger partial charge in [0.1, 0.15) is 18.5 Å². The van der Waals surface area contributed by atoms with Crippen molar-refractivity contribution < 1.29 is 33.0 Å². The average molecular weight is 435 g/mol. The molecule has 0 aliphatic rings. The molecule has 1 amide bonds. The second kappa shape index (κ2) is 8.99. The van der Waals surface area contributed by atoms with Crippen LogP contribution in [0.25, 0.3) is 0 Å². The lowest BCUT2D eigenvalue weighted by Crippen LogP contribution is -2.30. The molecule has 0 aliphatic heterocycles. The minimum atomic E-state index is -1.38. The minimum Gasteiger partial charge on any atom is -0.394 e. The highest BCUT2D eigenvalue weighted by Gasteiger charge is 2.20. The maximum atomic E-state index is 14.2. The predicted molar refractivity (Wildman–Crippen MR) is 90.3 cm³/mol.